The van der Waals surface area contributed by atoms with Crippen LogP contribution in [0.25, 0.3) is 0 Å². The maximum atomic E-state index is 12.8. The van der Waals surface area contributed by atoms with Gasteiger partial charge < -0.3 is 23.7 Å². The topological polar surface area (TPSA) is 80.9 Å². The Morgan fingerprint density at radius 3 is 2.81 bits per heavy atom. The van der Waals surface area contributed by atoms with E-state index in [1.54, 1.807) is 23.4 Å². The van der Waals surface area contributed by atoms with Crippen LogP contribution in [0, 0.1) is 0 Å². The van der Waals surface area contributed by atoms with Crippen molar-refractivity contribution >= 4 is 11.7 Å². The fourth-order valence-electron chi connectivity index (χ4n) is 3.27. The first kappa shape index (κ1) is 17.0. The molecule has 2 aliphatic rings. The Morgan fingerprint density at radius 1 is 1.15 bits per heavy atom. The third-order valence-electron chi connectivity index (χ3n) is 4.65. The van der Waals surface area contributed by atoms with Crippen molar-refractivity contribution < 1.29 is 18.7 Å². The third-order valence-corrected chi connectivity index (χ3v) is 4.65. The van der Waals surface area contributed by atoms with Gasteiger partial charge >= 0.3 is 0 Å². The molecule has 1 atom stereocenters. The van der Waals surface area contributed by atoms with E-state index in [-0.39, 0.29) is 18.4 Å². The molecule has 1 amide bonds. The predicted octanol–water partition coefficient (Wildman–Crippen LogP) is 1.05. The summed E-state index contributed by atoms with van der Waals surface area (Å²) in [7, 11) is 0. The monoisotopic (exact) mass is 358 g/mol. The minimum atomic E-state index is -0.285. The normalized spacial score (nSPS) is 21.0. The Morgan fingerprint density at radius 2 is 2.00 bits per heavy atom. The number of anilines is 1. The van der Waals surface area contributed by atoms with Crippen molar-refractivity contribution in [3.8, 4) is 0 Å². The Balaban J connectivity index is 1.53. The molecule has 138 valence electrons. The van der Waals surface area contributed by atoms with Crippen LogP contribution in [0.3, 0.4) is 0 Å². The number of aromatic nitrogens is 2. The number of hydrogen-bond acceptors (Lipinski definition) is 7. The first-order valence-electron chi connectivity index (χ1n) is 8.86. The van der Waals surface area contributed by atoms with Gasteiger partial charge in [-0.2, -0.15) is 0 Å². The van der Waals surface area contributed by atoms with Crippen molar-refractivity contribution in [3.05, 3.63) is 42.2 Å². The number of carbonyl (C=O) groups excluding carboxylic acids is 1. The molecule has 8 nitrogen and oxygen atoms in total. The smallest absolute Gasteiger partial charge is 0.230 e. The van der Waals surface area contributed by atoms with Crippen molar-refractivity contribution in [2.24, 2.45) is 0 Å². The molecule has 2 aliphatic heterocycles. The summed E-state index contributed by atoms with van der Waals surface area (Å²) < 4.78 is 16.3. The maximum absolute atomic E-state index is 12.8. The number of morpholine rings is 2. The predicted molar refractivity (Wildman–Crippen MR) is 92.7 cm³/mol. The van der Waals surface area contributed by atoms with E-state index < -0.39 is 0 Å². The van der Waals surface area contributed by atoms with Gasteiger partial charge in [0.15, 0.2) is 5.82 Å². The first-order chi connectivity index (χ1) is 12.8. The van der Waals surface area contributed by atoms with Gasteiger partial charge in [-0.3, -0.25) is 4.79 Å². The first-order valence-corrected chi connectivity index (χ1v) is 8.86. The SMILES string of the molecule is O=C(Cc1ccco1)N1CCOC[C@@H]1c1nccc(N2CCOCC2)n1. The Labute approximate surface area is 151 Å². The number of amides is 1. The molecule has 2 aromatic heterocycles. The standard InChI is InChI=1S/C18H22N4O4/c23-17(12-14-2-1-8-26-14)22-7-11-25-13-15(22)18-19-4-3-16(20-18)21-5-9-24-10-6-21/h1-4,8,15H,5-7,9-13H2/t15-/m1/s1. The number of furan rings is 1. The second-order valence-corrected chi connectivity index (χ2v) is 6.31. The molecule has 2 fully saturated rings. The molecule has 2 aromatic rings. The summed E-state index contributed by atoms with van der Waals surface area (Å²) in [5.74, 6) is 2.13. The fourth-order valence-corrected chi connectivity index (χ4v) is 3.27. The Kier molecular flexibility index (Phi) is 5.12. The van der Waals surface area contributed by atoms with Gasteiger partial charge in [0, 0.05) is 25.8 Å². The summed E-state index contributed by atoms with van der Waals surface area (Å²) >= 11 is 0. The van der Waals surface area contributed by atoms with Gasteiger partial charge in [-0.05, 0) is 18.2 Å². The molecule has 0 aliphatic carbocycles. The largest absolute Gasteiger partial charge is 0.469 e. The van der Waals surface area contributed by atoms with Crippen molar-refractivity contribution in [2.45, 2.75) is 12.5 Å². The van der Waals surface area contributed by atoms with Crippen LogP contribution in [0.4, 0.5) is 5.82 Å². The minimum Gasteiger partial charge on any atom is -0.469 e. The quantitative estimate of drug-likeness (QED) is 0.808. The molecule has 2 saturated heterocycles. The van der Waals surface area contributed by atoms with Gasteiger partial charge in [-0.25, -0.2) is 9.97 Å². The summed E-state index contributed by atoms with van der Waals surface area (Å²) in [4.78, 5) is 25.9. The third kappa shape index (κ3) is 3.71. The molecule has 0 aromatic carbocycles. The molecule has 4 rings (SSSR count). The molecular formula is C18H22N4O4. The van der Waals surface area contributed by atoms with Crippen molar-refractivity contribution in [3.63, 3.8) is 0 Å². The van der Waals surface area contributed by atoms with Gasteiger partial charge in [0.25, 0.3) is 0 Å². The van der Waals surface area contributed by atoms with Crippen molar-refractivity contribution in [2.75, 3.05) is 51.0 Å². The maximum Gasteiger partial charge on any atom is 0.230 e. The van der Waals surface area contributed by atoms with Crippen LogP contribution in [0.1, 0.15) is 17.6 Å². The summed E-state index contributed by atoms with van der Waals surface area (Å²) in [5.41, 5.74) is 0. The number of nitrogens with zero attached hydrogens (tertiary/aromatic N) is 4. The molecule has 26 heavy (non-hydrogen) atoms. The summed E-state index contributed by atoms with van der Waals surface area (Å²) in [6.45, 7) is 4.44. The molecule has 0 saturated carbocycles. The zero-order valence-electron chi connectivity index (χ0n) is 14.5. The summed E-state index contributed by atoms with van der Waals surface area (Å²) in [5, 5.41) is 0. The number of carbonyl (C=O) groups is 1. The molecule has 0 bridgehead atoms. The number of ether oxygens (including phenoxy) is 2. The van der Waals surface area contributed by atoms with Gasteiger partial charge in [-0.1, -0.05) is 0 Å². The van der Waals surface area contributed by atoms with E-state index in [1.165, 1.54) is 0 Å². The van der Waals surface area contributed by atoms with E-state index in [4.69, 9.17) is 18.9 Å². The fraction of sp³-hybridized carbons (Fsp3) is 0.500. The molecule has 0 spiro atoms. The molecule has 8 heteroatoms. The van der Waals surface area contributed by atoms with E-state index in [9.17, 15) is 4.79 Å². The average molecular weight is 358 g/mol. The van der Waals surface area contributed by atoms with E-state index >= 15 is 0 Å². The lowest BCUT2D eigenvalue weighted by Gasteiger charge is -2.35. The van der Waals surface area contributed by atoms with Gasteiger partial charge in [0.1, 0.15) is 17.6 Å². The molecule has 0 N–H and O–H groups in total. The Hall–Kier alpha value is -2.45. The van der Waals surface area contributed by atoms with Crippen LogP contribution in [0.5, 0.6) is 0 Å². The Bertz CT molecular complexity index is 731. The van der Waals surface area contributed by atoms with Crippen molar-refractivity contribution in [1.29, 1.82) is 0 Å². The van der Waals surface area contributed by atoms with Crippen LogP contribution in [-0.2, 0) is 20.7 Å². The van der Waals surface area contributed by atoms with Gasteiger partial charge in [-0.15, -0.1) is 0 Å². The minimum absolute atomic E-state index is 0.00590. The van der Waals surface area contributed by atoms with Crippen LogP contribution in [-0.4, -0.2) is 66.8 Å². The molecular weight excluding hydrogens is 336 g/mol. The highest BCUT2D eigenvalue weighted by atomic mass is 16.5. The van der Waals surface area contributed by atoms with Crippen LogP contribution in [0.15, 0.2) is 35.1 Å². The molecule has 0 unspecified atom stereocenters. The van der Waals surface area contributed by atoms with E-state index in [1.807, 2.05) is 12.1 Å². The highest BCUT2D eigenvalue weighted by Gasteiger charge is 2.31. The summed E-state index contributed by atoms with van der Waals surface area (Å²) in [6, 6.07) is 5.21. The van der Waals surface area contributed by atoms with Gasteiger partial charge in [0.2, 0.25) is 5.91 Å². The van der Waals surface area contributed by atoms with E-state index in [0.717, 1.165) is 18.9 Å². The van der Waals surface area contributed by atoms with E-state index in [0.29, 0.717) is 44.6 Å². The molecule has 4 heterocycles. The number of hydrogen-bond donors (Lipinski definition) is 0. The zero-order chi connectivity index (χ0) is 17.8. The van der Waals surface area contributed by atoms with Crippen LogP contribution < -0.4 is 4.90 Å². The highest BCUT2D eigenvalue weighted by Crippen LogP contribution is 2.24. The van der Waals surface area contributed by atoms with Gasteiger partial charge in [0.05, 0.1) is 39.1 Å². The van der Waals surface area contributed by atoms with E-state index in [2.05, 4.69) is 9.88 Å². The lowest BCUT2D eigenvalue weighted by atomic mass is 10.1. The highest BCUT2D eigenvalue weighted by molar-refractivity contribution is 5.78. The van der Waals surface area contributed by atoms with Crippen molar-refractivity contribution in [1.82, 2.24) is 14.9 Å². The number of rotatable bonds is 4. The second-order valence-electron chi connectivity index (χ2n) is 6.31. The lowest BCUT2D eigenvalue weighted by molar-refractivity contribution is -0.140. The van der Waals surface area contributed by atoms with Crippen LogP contribution >= 0.6 is 0 Å². The lowest BCUT2D eigenvalue weighted by Crippen LogP contribution is -2.45. The zero-order valence-corrected chi connectivity index (χ0v) is 14.5. The molecule has 0 radical (unpaired) electrons. The second kappa shape index (κ2) is 7.84. The average Bonchev–Trinajstić information content (AvgIpc) is 3.22. The summed E-state index contributed by atoms with van der Waals surface area (Å²) in [6.07, 6.45) is 3.55. The van der Waals surface area contributed by atoms with Crippen LogP contribution in [0.2, 0.25) is 0 Å².